The van der Waals surface area contributed by atoms with E-state index in [4.69, 9.17) is 5.26 Å². The maximum Gasteiger partial charge on any atom is 0.154 e. The standard InChI is InChI=1S/C19H17N7/c1-25-12-16(23-13-25)7-8-21-18-5-6-19-22-11-17(26(19)24-18)15-4-2-3-14(9-15)10-20/h2-6,9,11-13H,7-8H2,1H3,(H,21,24). The van der Waals surface area contributed by atoms with E-state index in [0.717, 1.165) is 41.4 Å². The second kappa shape index (κ2) is 6.69. The predicted molar refractivity (Wildman–Crippen MR) is 98.5 cm³/mol. The molecule has 0 atom stereocenters. The van der Waals surface area contributed by atoms with Crippen LogP contribution in [0.2, 0.25) is 0 Å². The molecule has 0 aliphatic heterocycles. The van der Waals surface area contributed by atoms with Crippen LogP contribution in [0.15, 0.2) is 55.1 Å². The van der Waals surface area contributed by atoms with Crippen LogP contribution in [-0.4, -0.2) is 30.7 Å². The molecule has 1 N–H and O–H groups in total. The zero-order valence-corrected chi connectivity index (χ0v) is 14.3. The Morgan fingerprint density at radius 1 is 1.19 bits per heavy atom. The number of rotatable bonds is 5. The molecule has 0 amide bonds. The van der Waals surface area contributed by atoms with E-state index in [1.165, 1.54) is 0 Å². The van der Waals surface area contributed by atoms with Crippen molar-refractivity contribution in [1.29, 1.82) is 5.26 Å². The molecule has 4 rings (SSSR count). The van der Waals surface area contributed by atoms with Crippen molar-refractivity contribution in [2.45, 2.75) is 6.42 Å². The molecular formula is C19H17N7. The normalized spacial score (nSPS) is 10.8. The molecule has 7 heteroatoms. The molecule has 7 nitrogen and oxygen atoms in total. The van der Waals surface area contributed by atoms with E-state index >= 15 is 0 Å². The van der Waals surface area contributed by atoms with Gasteiger partial charge in [-0.15, -0.1) is 5.10 Å². The van der Waals surface area contributed by atoms with E-state index in [2.05, 4.69) is 26.5 Å². The lowest BCUT2D eigenvalue weighted by atomic mass is 10.1. The van der Waals surface area contributed by atoms with E-state index in [1.807, 2.05) is 48.1 Å². The summed E-state index contributed by atoms with van der Waals surface area (Å²) in [6.45, 7) is 0.740. The topological polar surface area (TPSA) is 83.8 Å². The van der Waals surface area contributed by atoms with Crippen molar-refractivity contribution in [2.75, 3.05) is 11.9 Å². The minimum absolute atomic E-state index is 0.613. The third-order valence-corrected chi connectivity index (χ3v) is 4.10. The van der Waals surface area contributed by atoms with Crippen LogP contribution in [-0.2, 0) is 13.5 Å². The van der Waals surface area contributed by atoms with Crippen LogP contribution in [0, 0.1) is 11.3 Å². The maximum atomic E-state index is 9.10. The van der Waals surface area contributed by atoms with Crippen LogP contribution in [0.5, 0.6) is 0 Å². The van der Waals surface area contributed by atoms with E-state index in [0.29, 0.717) is 5.56 Å². The molecule has 0 radical (unpaired) electrons. The smallest absolute Gasteiger partial charge is 0.154 e. The maximum absolute atomic E-state index is 9.10. The van der Waals surface area contributed by atoms with E-state index in [9.17, 15) is 0 Å². The van der Waals surface area contributed by atoms with Gasteiger partial charge in [-0.3, -0.25) is 0 Å². The highest BCUT2D eigenvalue weighted by Gasteiger charge is 2.09. The zero-order chi connectivity index (χ0) is 17.9. The van der Waals surface area contributed by atoms with Gasteiger partial charge < -0.3 is 9.88 Å². The second-order valence-electron chi connectivity index (χ2n) is 6.03. The largest absolute Gasteiger partial charge is 0.368 e. The summed E-state index contributed by atoms with van der Waals surface area (Å²) in [5.74, 6) is 0.768. The van der Waals surface area contributed by atoms with Gasteiger partial charge in [0.25, 0.3) is 0 Å². The van der Waals surface area contributed by atoms with Crippen molar-refractivity contribution >= 4 is 11.5 Å². The third kappa shape index (κ3) is 3.13. The Labute approximate surface area is 150 Å². The molecule has 0 saturated carbocycles. The van der Waals surface area contributed by atoms with Gasteiger partial charge in [-0.1, -0.05) is 12.1 Å². The number of nitriles is 1. The Morgan fingerprint density at radius 3 is 2.92 bits per heavy atom. The molecule has 26 heavy (non-hydrogen) atoms. The molecule has 4 aromatic rings. The number of hydrogen-bond donors (Lipinski definition) is 1. The molecule has 0 unspecified atom stereocenters. The quantitative estimate of drug-likeness (QED) is 0.602. The van der Waals surface area contributed by atoms with Gasteiger partial charge in [0.2, 0.25) is 0 Å². The highest BCUT2D eigenvalue weighted by molar-refractivity contribution is 5.65. The lowest BCUT2D eigenvalue weighted by Crippen LogP contribution is -2.08. The Hall–Kier alpha value is -3.66. The Morgan fingerprint density at radius 2 is 2.12 bits per heavy atom. The zero-order valence-electron chi connectivity index (χ0n) is 14.3. The number of nitrogens with one attached hydrogen (secondary N) is 1. The van der Waals surface area contributed by atoms with Crippen LogP contribution < -0.4 is 5.32 Å². The first kappa shape index (κ1) is 15.8. The highest BCUT2D eigenvalue weighted by Crippen LogP contribution is 2.21. The average molecular weight is 343 g/mol. The highest BCUT2D eigenvalue weighted by atomic mass is 15.3. The second-order valence-corrected chi connectivity index (χ2v) is 6.03. The van der Waals surface area contributed by atoms with Crippen molar-refractivity contribution in [3.63, 3.8) is 0 Å². The summed E-state index contributed by atoms with van der Waals surface area (Å²) >= 11 is 0. The van der Waals surface area contributed by atoms with E-state index in [1.54, 1.807) is 23.1 Å². The monoisotopic (exact) mass is 343 g/mol. The molecule has 0 aliphatic carbocycles. The lowest BCUT2D eigenvalue weighted by Gasteiger charge is -2.06. The first-order chi connectivity index (χ1) is 12.7. The number of aromatic nitrogens is 5. The predicted octanol–water partition coefficient (Wildman–Crippen LogP) is 2.66. The summed E-state index contributed by atoms with van der Waals surface area (Å²) < 4.78 is 3.73. The molecule has 3 heterocycles. The lowest BCUT2D eigenvalue weighted by molar-refractivity contribution is 0.904. The van der Waals surface area contributed by atoms with Gasteiger partial charge in [-0.25, -0.2) is 14.5 Å². The number of benzene rings is 1. The summed E-state index contributed by atoms with van der Waals surface area (Å²) in [6.07, 6.45) is 6.40. The van der Waals surface area contributed by atoms with Crippen LogP contribution in [0.1, 0.15) is 11.3 Å². The van der Waals surface area contributed by atoms with Crippen molar-refractivity contribution in [2.24, 2.45) is 7.05 Å². The Bertz CT molecular complexity index is 1100. The Balaban J connectivity index is 1.57. The number of aryl methyl sites for hydroxylation is 1. The molecule has 3 aromatic heterocycles. The molecule has 0 aliphatic rings. The van der Waals surface area contributed by atoms with Crippen LogP contribution in [0.4, 0.5) is 5.82 Å². The molecule has 128 valence electrons. The van der Waals surface area contributed by atoms with Gasteiger partial charge in [0.05, 0.1) is 35.5 Å². The average Bonchev–Trinajstić information content (AvgIpc) is 3.27. The fraction of sp³-hybridized carbons (Fsp3) is 0.158. The van der Waals surface area contributed by atoms with Crippen LogP contribution in [0.25, 0.3) is 16.9 Å². The molecule has 0 fully saturated rings. The first-order valence-electron chi connectivity index (χ1n) is 8.29. The minimum Gasteiger partial charge on any atom is -0.368 e. The number of hydrogen-bond acceptors (Lipinski definition) is 5. The SMILES string of the molecule is Cn1cnc(CCNc2ccc3ncc(-c4cccc(C#N)c4)n3n2)c1. The third-order valence-electron chi connectivity index (χ3n) is 4.10. The molecule has 1 aromatic carbocycles. The Kier molecular flexibility index (Phi) is 4.07. The summed E-state index contributed by atoms with van der Waals surface area (Å²) in [4.78, 5) is 8.72. The number of imidazole rings is 2. The summed E-state index contributed by atoms with van der Waals surface area (Å²) in [7, 11) is 1.96. The van der Waals surface area contributed by atoms with Gasteiger partial charge in [0.1, 0.15) is 5.82 Å². The number of fused-ring (bicyclic) bond motifs is 1. The summed E-state index contributed by atoms with van der Waals surface area (Å²) in [5.41, 5.74) is 4.18. The molecule has 0 bridgehead atoms. The van der Waals surface area contributed by atoms with Gasteiger partial charge >= 0.3 is 0 Å². The minimum atomic E-state index is 0.613. The summed E-state index contributed by atoms with van der Waals surface area (Å²) in [6, 6.07) is 13.4. The first-order valence-corrected chi connectivity index (χ1v) is 8.29. The number of nitrogens with zero attached hydrogens (tertiary/aromatic N) is 6. The van der Waals surface area contributed by atoms with Gasteiger partial charge in [-0.05, 0) is 24.3 Å². The van der Waals surface area contributed by atoms with Crippen LogP contribution >= 0.6 is 0 Å². The molecular weight excluding hydrogens is 326 g/mol. The fourth-order valence-corrected chi connectivity index (χ4v) is 2.83. The van der Waals surface area contributed by atoms with Gasteiger partial charge in [-0.2, -0.15) is 5.26 Å². The molecule has 0 saturated heterocycles. The van der Waals surface area contributed by atoms with Crippen molar-refractivity contribution in [1.82, 2.24) is 24.1 Å². The van der Waals surface area contributed by atoms with Gasteiger partial charge in [0.15, 0.2) is 5.65 Å². The molecule has 0 spiro atoms. The van der Waals surface area contributed by atoms with Crippen molar-refractivity contribution < 1.29 is 0 Å². The van der Waals surface area contributed by atoms with E-state index in [-0.39, 0.29) is 0 Å². The van der Waals surface area contributed by atoms with E-state index < -0.39 is 0 Å². The van der Waals surface area contributed by atoms with Crippen molar-refractivity contribution in [3.05, 3.63) is 66.4 Å². The van der Waals surface area contributed by atoms with Crippen molar-refractivity contribution in [3.8, 4) is 17.3 Å². The fourth-order valence-electron chi connectivity index (χ4n) is 2.83. The van der Waals surface area contributed by atoms with Crippen LogP contribution in [0.3, 0.4) is 0 Å². The van der Waals surface area contributed by atoms with Gasteiger partial charge in [0, 0.05) is 31.8 Å². The summed E-state index contributed by atoms with van der Waals surface area (Å²) in [5, 5.41) is 17.1. The number of anilines is 1.